The number of hydrogen-bond donors (Lipinski definition) is 0. The first-order valence-electron chi connectivity index (χ1n) is 6.19. The van der Waals surface area contributed by atoms with Crippen LogP contribution in [0.1, 0.15) is 23.2 Å². The van der Waals surface area contributed by atoms with Crippen molar-refractivity contribution in [1.29, 1.82) is 0 Å². The van der Waals surface area contributed by atoms with Crippen LogP contribution in [0.4, 0.5) is 0 Å². The van der Waals surface area contributed by atoms with Crippen LogP contribution < -0.4 is 0 Å². The molecule has 3 aromatic rings. The van der Waals surface area contributed by atoms with Crippen molar-refractivity contribution in [2.45, 2.75) is 27.2 Å². The number of rotatable bonds is 2. The number of aryl methyl sites for hydroxylation is 2. The summed E-state index contributed by atoms with van der Waals surface area (Å²) in [5.41, 5.74) is 1.93. The number of aromatic nitrogens is 4. The summed E-state index contributed by atoms with van der Waals surface area (Å²) in [4.78, 5) is 10.9. The second kappa shape index (κ2) is 5.09. The molecule has 0 saturated carbocycles. The van der Waals surface area contributed by atoms with E-state index in [-0.39, 0.29) is 5.28 Å². The minimum Gasteiger partial charge on any atom is -0.218 e. The molecule has 3 heterocycles. The molecule has 0 amide bonds. The highest BCUT2D eigenvalue weighted by Gasteiger charge is 2.17. The number of nitrogens with zero attached hydrogens (tertiary/aromatic N) is 4. The van der Waals surface area contributed by atoms with Crippen molar-refractivity contribution in [3.8, 4) is 5.82 Å². The molecule has 0 bridgehead atoms. The van der Waals surface area contributed by atoms with Gasteiger partial charge in [-0.3, -0.25) is 0 Å². The molecule has 20 heavy (non-hydrogen) atoms. The van der Waals surface area contributed by atoms with Crippen LogP contribution in [-0.4, -0.2) is 19.7 Å². The fourth-order valence-corrected chi connectivity index (χ4v) is 3.52. The van der Waals surface area contributed by atoms with E-state index in [0.717, 1.165) is 38.3 Å². The molecular formula is C13H12BrClN4S. The molecule has 0 radical (unpaired) electrons. The molecule has 4 nitrogen and oxygen atoms in total. The topological polar surface area (TPSA) is 43.6 Å². The zero-order chi connectivity index (χ0) is 14.4. The van der Waals surface area contributed by atoms with Gasteiger partial charge in [-0.15, -0.1) is 11.3 Å². The third-order valence-corrected chi connectivity index (χ3v) is 5.64. The number of halogens is 2. The third kappa shape index (κ3) is 2.16. The summed E-state index contributed by atoms with van der Waals surface area (Å²) in [6.07, 6.45) is 0.971. The van der Waals surface area contributed by atoms with Gasteiger partial charge in [0, 0.05) is 4.88 Å². The van der Waals surface area contributed by atoms with Gasteiger partial charge in [-0.2, -0.15) is 10.1 Å². The lowest BCUT2D eigenvalue weighted by atomic mass is 10.3. The van der Waals surface area contributed by atoms with Gasteiger partial charge >= 0.3 is 0 Å². The van der Waals surface area contributed by atoms with Gasteiger partial charge in [-0.05, 0) is 53.9 Å². The van der Waals surface area contributed by atoms with Crippen molar-refractivity contribution in [2.24, 2.45) is 0 Å². The molecule has 0 aromatic carbocycles. The van der Waals surface area contributed by atoms with E-state index in [1.807, 2.05) is 18.5 Å². The van der Waals surface area contributed by atoms with E-state index in [1.165, 1.54) is 4.88 Å². The van der Waals surface area contributed by atoms with E-state index in [1.54, 1.807) is 11.3 Å². The first kappa shape index (κ1) is 14.0. The van der Waals surface area contributed by atoms with Gasteiger partial charge in [-0.25, -0.2) is 9.67 Å². The molecular weight excluding hydrogens is 360 g/mol. The van der Waals surface area contributed by atoms with Gasteiger partial charge in [-0.1, -0.05) is 6.92 Å². The lowest BCUT2D eigenvalue weighted by Gasteiger charge is -2.05. The van der Waals surface area contributed by atoms with E-state index >= 15 is 0 Å². The average Bonchev–Trinajstić information content (AvgIpc) is 2.94. The van der Waals surface area contributed by atoms with E-state index in [2.05, 4.69) is 44.0 Å². The second-order valence-electron chi connectivity index (χ2n) is 4.50. The molecule has 0 spiro atoms. The maximum atomic E-state index is 6.06. The quantitative estimate of drug-likeness (QED) is 0.624. The molecule has 104 valence electrons. The van der Waals surface area contributed by atoms with Gasteiger partial charge in [0.15, 0.2) is 5.82 Å². The minimum absolute atomic E-state index is 0.251. The van der Waals surface area contributed by atoms with Crippen molar-refractivity contribution in [1.82, 2.24) is 19.7 Å². The Morgan fingerprint density at radius 1 is 1.35 bits per heavy atom. The number of thiophene rings is 1. The lowest BCUT2D eigenvalue weighted by molar-refractivity contribution is 0.810. The third-order valence-electron chi connectivity index (χ3n) is 3.15. The SMILES string of the molecule is CCc1cc2c(-n3nc(C)c(Br)c3C)nc(Cl)nc2s1. The van der Waals surface area contributed by atoms with Crippen LogP contribution in [0, 0.1) is 13.8 Å². The van der Waals surface area contributed by atoms with Crippen molar-refractivity contribution < 1.29 is 0 Å². The summed E-state index contributed by atoms with van der Waals surface area (Å²) in [7, 11) is 0. The highest BCUT2D eigenvalue weighted by Crippen LogP contribution is 2.31. The number of fused-ring (bicyclic) bond motifs is 1. The Morgan fingerprint density at radius 2 is 2.10 bits per heavy atom. The minimum atomic E-state index is 0.251. The predicted molar refractivity (Wildman–Crippen MR) is 86.1 cm³/mol. The zero-order valence-corrected chi connectivity index (χ0v) is 14.4. The maximum absolute atomic E-state index is 6.06. The van der Waals surface area contributed by atoms with E-state index in [0.29, 0.717) is 0 Å². The Morgan fingerprint density at radius 3 is 2.70 bits per heavy atom. The molecule has 0 atom stereocenters. The van der Waals surface area contributed by atoms with Crippen molar-refractivity contribution in [2.75, 3.05) is 0 Å². The van der Waals surface area contributed by atoms with Crippen LogP contribution in [-0.2, 0) is 6.42 Å². The van der Waals surface area contributed by atoms with Crippen molar-refractivity contribution >= 4 is 49.1 Å². The van der Waals surface area contributed by atoms with Crippen LogP contribution in [0.2, 0.25) is 5.28 Å². The molecule has 0 aliphatic heterocycles. The molecule has 7 heteroatoms. The first-order valence-corrected chi connectivity index (χ1v) is 8.18. The smallest absolute Gasteiger partial charge is 0.218 e. The highest BCUT2D eigenvalue weighted by molar-refractivity contribution is 9.10. The van der Waals surface area contributed by atoms with Gasteiger partial charge in [0.1, 0.15) is 4.83 Å². The highest BCUT2D eigenvalue weighted by atomic mass is 79.9. The fourth-order valence-electron chi connectivity index (χ4n) is 2.10. The number of hydrogen-bond acceptors (Lipinski definition) is 4. The molecule has 3 rings (SSSR count). The molecule has 0 fully saturated rings. The standard InChI is InChI=1S/C13H12BrClN4S/c1-4-8-5-9-11(16-13(15)17-12(9)20-8)19-7(3)10(14)6(2)18-19/h5H,4H2,1-3H3. The summed E-state index contributed by atoms with van der Waals surface area (Å²) >= 11 is 11.2. The zero-order valence-electron chi connectivity index (χ0n) is 11.2. The molecule has 0 saturated heterocycles. The van der Waals surface area contributed by atoms with Gasteiger partial charge < -0.3 is 0 Å². The molecule has 0 N–H and O–H groups in total. The largest absolute Gasteiger partial charge is 0.225 e. The Bertz CT molecular complexity index is 808. The Hall–Kier alpha value is -0.980. The molecule has 0 aliphatic rings. The van der Waals surface area contributed by atoms with Gasteiger partial charge in [0.25, 0.3) is 0 Å². The van der Waals surface area contributed by atoms with Gasteiger partial charge in [0.05, 0.1) is 21.2 Å². The van der Waals surface area contributed by atoms with Gasteiger partial charge in [0.2, 0.25) is 5.28 Å². The monoisotopic (exact) mass is 370 g/mol. The summed E-state index contributed by atoms with van der Waals surface area (Å²) in [6.45, 7) is 6.08. The molecule has 0 unspecified atom stereocenters. The predicted octanol–water partition coefficient (Wildman–Crippen LogP) is 4.47. The summed E-state index contributed by atoms with van der Waals surface area (Å²) in [6, 6.07) is 2.12. The van der Waals surface area contributed by atoms with Crippen molar-refractivity contribution in [3.05, 3.63) is 32.1 Å². The first-order chi connectivity index (χ1) is 9.51. The van der Waals surface area contributed by atoms with Crippen molar-refractivity contribution in [3.63, 3.8) is 0 Å². The Labute approximate surface area is 133 Å². The maximum Gasteiger partial charge on any atom is 0.225 e. The summed E-state index contributed by atoms with van der Waals surface area (Å²) in [5.74, 6) is 0.738. The normalized spacial score (nSPS) is 11.4. The van der Waals surface area contributed by atoms with Crippen LogP contribution >= 0.6 is 38.9 Å². The Kier molecular flexibility index (Phi) is 3.56. The fraction of sp³-hybridized carbons (Fsp3) is 0.308. The average molecular weight is 372 g/mol. The summed E-state index contributed by atoms with van der Waals surface area (Å²) < 4.78 is 2.81. The van der Waals surface area contributed by atoms with Crippen LogP contribution in [0.25, 0.3) is 16.0 Å². The van der Waals surface area contributed by atoms with E-state index < -0.39 is 0 Å². The Balaban J connectivity index is 2.34. The lowest BCUT2D eigenvalue weighted by Crippen LogP contribution is -2.03. The van der Waals surface area contributed by atoms with Crippen LogP contribution in [0.15, 0.2) is 10.5 Å². The molecule has 0 aliphatic carbocycles. The van der Waals surface area contributed by atoms with E-state index in [4.69, 9.17) is 11.6 Å². The second-order valence-corrected chi connectivity index (χ2v) is 6.74. The van der Waals surface area contributed by atoms with E-state index in [9.17, 15) is 0 Å². The summed E-state index contributed by atoms with van der Waals surface area (Å²) in [5, 5.41) is 5.78. The van der Waals surface area contributed by atoms with Crippen LogP contribution in [0.3, 0.4) is 0 Å². The van der Waals surface area contributed by atoms with Crippen LogP contribution in [0.5, 0.6) is 0 Å². The molecule has 3 aromatic heterocycles.